The van der Waals surface area contributed by atoms with Crippen LogP contribution in [0.1, 0.15) is 18.2 Å². The van der Waals surface area contributed by atoms with Gasteiger partial charge in [-0.25, -0.2) is 15.0 Å². The van der Waals surface area contributed by atoms with Gasteiger partial charge in [0.15, 0.2) is 17.5 Å². The molecule has 0 fully saturated rings. The van der Waals surface area contributed by atoms with Gasteiger partial charge >= 0.3 is 0 Å². The summed E-state index contributed by atoms with van der Waals surface area (Å²) in [6.07, 6.45) is 5.14. The topological polar surface area (TPSA) is 78.1 Å². The lowest BCUT2D eigenvalue weighted by Gasteiger charge is -2.11. The Hall–Kier alpha value is -7.57. The molecule has 1 atom stereocenters. The van der Waals surface area contributed by atoms with E-state index in [0.717, 1.165) is 106 Å². The van der Waals surface area contributed by atoms with Crippen LogP contribution in [-0.4, -0.2) is 15.0 Å². The van der Waals surface area contributed by atoms with Crippen LogP contribution in [0, 0.1) is 5.92 Å². The Bertz CT molecular complexity index is 3310. The van der Waals surface area contributed by atoms with Crippen molar-refractivity contribution < 1.29 is 13.3 Å². The van der Waals surface area contributed by atoms with E-state index in [2.05, 4.69) is 134 Å². The van der Waals surface area contributed by atoms with E-state index in [1.807, 2.05) is 36.4 Å². The first kappa shape index (κ1) is 32.7. The van der Waals surface area contributed by atoms with Crippen molar-refractivity contribution in [3.05, 3.63) is 169 Å². The first-order valence-corrected chi connectivity index (χ1v) is 19.6. The number of furan rings is 3. The van der Waals surface area contributed by atoms with E-state index in [1.165, 1.54) is 0 Å². The highest BCUT2D eigenvalue weighted by atomic mass is 16.3. The van der Waals surface area contributed by atoms with Gasteiger partial charge in [0.2, 0.25) is 0 Å². The van der Waals surface area contributed by atoms with Gasteiger partial charge in [0.25, 0.3) is 0 Å². The monoisotopic (exact) mass is 747 g/mol. The molecule has 0 radical (unpaired) electrons. The van der Waals surface area contributed by atoms with E-state index in [1.54, 1.807) is 0 Å². The maximum atomic E-state index is 6.88. The van der Waals surface area contributed by atoms with Gasteiger partial charge in [-0.15, -0.1) is 0 Å². The summed E-state index contributed by atoms with van der Waals surface area (Å²) in [5, 5.41) is 5.06. The second-order valence-electron chi connectivity index (χ2n) is 15.2. The summed E-state index contributed by atoms with van der Waals surface area (Å²) < 4.78 is 20.2. The van der Waals surface area contributed by atoms with E-state index >= 15 is 0 Å². The molecule has 0 bridgehead atoms. The fraction of sp³-hybridized carbons (Fsp3) is 0.0577. The largest absolute Gasteiger partial charge is 0.456 e. The molecule has 0 aliphatic heterocycles. The van der Waals surface area contributed by atoms with Gasteiger partial charge < -0.3 is 13.3 Å². The zero-order valence-corrected chi connectivity index (χ0v) is 31.4. The maximum absolute atomic E-state index is 6.88. The number of allylic oxidation sites excluding steroid dienone is 1. The van der Waals surface area contributed by atoms with Gasteiger partial charge in [-0.3, -0.25) is 0 Å². The van der Waals surface area contributed by atoms with E-state index in [9.17, 15) is 0 Å². The first-order chi connectivity index (χ1) is 28.6. The van der Waals surface area contributed by atoms with E-state index in [0.29, 0.717) is 29.0 Å². The average molecular weight is 748 g/mol. The standard InChI is InChI=1S/C52H33N3O3/c1-30-16-26-42-39(28-30)45-46-44(56-43-27-25-38-37-14-8-9-15-41(37)57-48(38)47(43)46)29-40(49(45)58-42)52-54-50(35-21-17-33(18-22-35)31-10-4-2-5-11-31)53-51(55-52)36-23-19-34(20-24-36)32-12-6-3-7-13-32/h2-27,29-30H,28H2,1H3. The predicted molar refractivity (Wildman–Crippen MR) is 233 cm³/mol. The fourth-order valence-electron chi connectivity index (χ4n) is 8.65. The molecule has 0 N–H and O–H groups in total. The number of hydrogen-bond donors (Lipinski definition) is 0. The first-order valence-electron chi connectivity index (χ1n) is 19.6. The Labute approximate surface area is 332 Å². The van der Waals surface area contributed by atoms with Crippen LogP contribution in [0.2, 0.25) is 0 Å². The molecule has 0 saturated carbocycles. The second kappa shape index (κ2) is 12.7. The maximum Gasteiger partial charge on any atom is 0.168 e. The minimum absolute atomic E-state index is 0.337. The Balaban J connectivity index is 1.11. The Morgan fingerprint density at radius 1 is 0.448 bits per heavy atom. The van der Waals surface area contributed by atoms with Crippen molar-refractivity contribution in [3.8, 4) is 56.4 Å². The fourth-order valence-corrected chi connectivity index (χ4v) is 8.65. The zero-order valence-electron chi connectivity index (χ0n) is 31.4. The smallest absolute Gasteiger partial charge is 0.168 e. The minimum Gasteiger partial charge on any atom is -0.456 e. The van der Waals surface area contributed by atoms with Gasteiger partial charge in [0.1, 0.15) is 33.7 Å². The number of aromatic nitrogens is 3. The SMILES string of the molecule is CC1C=Cc2oc3c(-c4nc(-c5ccc(-c6ccccc6)cc5)nc(-c5ccc(-c6ccccc6)cc5)n4)cc4oc5ccc6c7ccccc7oc6c5c4c3c2C1. The van der Waals surface area contributed by atoms with Crippen LogP contribution < -0.4 is 0 Å². The Morgan fingerprint density at radius 3 is 1.71 bits per heavy atom. The van der Waals surface area contributed by atoms with Gasteiger partial charge in [0.05, 0.1) is 10.9 Å². The van der Waals surface area contributed by atoms with E-state index < -0.39 is 0 Å². The molecular weight excluding hydrogens is 715 g/mol. The third-order valence-electron chi connectivity index (χ3n) is 11.5. The second-order valence-corrected chi connectivity index (χ2v) is 15.2. The van der Waals surface area contributed by atoms with Crippen molar-refractivity contribution in [1.82, 2.24) is 15.0 Å². The number of rotatable bonds is 5. The molecule has 4 heterocycles. The van der Waals surface area contributed by atoms with Crippen molar-refractivity contribution in [2.24, 2.45) is 5.92 Å². The normalized spacial score (nSPS) is 14.0. The van der Waals surface area contributed by atoms with Crippen molar-refractivity contribution in [3.63, 3.8) is 0 Å². The van der Waals surface area contributed by atoms with Crippen LogP contribution in [0.3, 0.4) is 0 Å². The molecule has 1 unspecified atom stereocenters. The lowest BCUT2D eigenvalue weighted by molar-refractivity contribution is 0.584. The van der Waals surface area contributed by atoms with Crippen LogP contribution in [0.5, 0.6) is 0 Å². The lowest BCUT2D eigenvalue weighted by Crippen LogP contribution is -2.01. The molecular formula is C52H33N3O3. The Morgan fingerprint density at radius 2 is 1.03 bits per heavy atom. The van der Waals surface area contributed by atoms with Crippen LogP contribution in [0.15, 0.2) is 171 Å². The summed E-state index contributed by atoms with van der Waals surface area (Å²) in [5.74, 6) is 2.82. The Kier molecular flexibility index (Phi) is 7.17. The molecule has 0 spiro atoms. The average Bonchev–Trinajstić information content (AvgIpc) is 3.97. The van der Waals surface area contributed by atoms with Crippen LogP contribution in [0.25, 0.3) is 117 Å². The molecule has 1 aliphatic carbocycles. The molecule has 11 aromatic rings. The van der Waals surface area contributed by atoms with Crippen molar-refractivity contribution in [1.29, 1.82) is 0 Å². The number of benzene rings is 7. The number of nitrogens with zero attached hydrogens (tertiary/aromatic N) is 3. The van der Waals surface area contributed by atoms with Gasteiger partial charge in [-0.2, -0.15) is 0 Å². The number of para-hydroxylation sites is 1. The molecule has 12 rings (SSSR count). The van der Waals surface area contributed by atoms with Crippen LogP contribution >= 0.6 is 0 Å². The summed E-state index contributed by atoms with van der Waals surface area (Å²) in [6.45, 7) is 2.24. The third kappa shape index (κ3) is 5.15. The molecule has 58 heavy (non-hydrogen) atoms. The highest BCUT2D eigenvalue weighted by Crippen LogP contribution is 2.48. The van der Waals surface area contributed by atoms with Gasteiger partial charge in [-0.1, -0.05) is 140 Å². The molecule has 1 aliphatic rings. The molecule has 274 valence electrons. The summed E-state index contributed by atoms with van der Waals surface area (Å²) in [4.78, 5) is 15.5. The molecule has 4 aromatic heterocycles. The quantitative estimate of drug-likeness (QED) is 0.174. The van der Waals surface area contributed by atoms with E-state index in [4.69, 9.17) is 28.2 Å². The highest BCUT2D eigenvalue weighted by Gasteiger charge is 2.28. The third-order valence-corrected chi connectivity index (χ3v) is 11.5. The van der Waals surface area contributed by atoms with Crippen LogP contribution in [0.4, 0.5) is 0 Å². The minimum atomic E-state index is 0.337. The van der Waals surface area contributed by atoms with Crippen LogP contribution in [-0.2, 0) is 6.42 Å². The van der Waals surface area contributed by atoms with Crippen molar-refractivity contribution >= 4 is 60.9 Å². The van der Waals surface area contributed by atoms with Gasteiger partial charge in [-0.05, 0) is 64.9 Å². The van der Waals surface area contributed by atoms with Gasteiger partial charge in [0, 0.05) is 38.2 Å². The predicted octanol–water partition coefficient (Wildman–Crippen LogP) is 14.0. The number of fused-ring (bicyclic) bond motifs is 11. The molecule has 0 saturated heterocycles. The molecule has 7 aromatic carbocycles. The van der Waals surface area contributed by atoms with Crippen molar-refractivity contribution in [2.75, 3.05) is 0 Å². The number of hydrogen-bond acceptors (Lipinski definition) is 6. The highest BCUT2D eigenvalue weighted by molar-refractivity contribution is 6.29. The molecule has 6 heteroatoms. The molecule has 6 nitrogen and oxygen atoms in total. The summed E-state index contributed by atoms with van der Waals surface area (Å²) in [7, 11) is 0. The van der Waals surface area contributed by atoms with E-state index in [-0.39, 0.29) is 0 Å². The lowest BCUT2D eigenvalue weighted by atomic mass is 9.91. The van der Waals surface area contributed by atoms with Crippen molar-refractivity contribution in [2.45, 2.75) is 13.3 Å². The summed E-state index contributed by atoms with van der Waals surface area (Å²) in [6, 6.07) is 51.9. The summed E-state index contributed by atoms with van der Waals surface area (Å²) >= 11 is 0. The molecule has 0 amide bonds. The summed E-state index contributed by atoms with van der Waals surface area (Å²) in [5.41, 5.74) is 12.0. The zero-order chi connectivity index (χ0) is 38.3.